The zero-order valence-corrected chi connectivity index (χ0v) is 22.5. The third kappa shape index (κ3) is 5.55. The van der Waals surface area contributed by atoms with Crippen LogP contribution in [0.5, 0.6) is 11.5 Å². The topological polar surface area (TPSA) is 89.9 Å². The van der Waals surface area contributed by atoms with Crippen LogP contribution in [-0.2, 0) is 0 Å². The lowest BCUT2D eigenvalue weighted by Crippen LogP contribution is -2.17. The number of phenolic OH excluding ortho intramolecular Hbond substituents is 2. The van der Waals surface area contributed by atoms with Crippen LogP contribution in [0.3, 0.4) is 0 Å². The summed E-state index contributed by atoms with van der Waals surface area (Å²) in [5.74, 6) is 0.232. The lowest BCUT2D eigenvalue weighted by atomic mass is 10.00. The quantitative estimate of drug-likeness (QED) is 0.158. The van der Waals surface area contributed by atoms with Crippen LogP contribution in [0.1, 0.15) is 22.3 Å². The van der Waals surface area contributed by atoms with E-state index in [4.69, 9.17) is 0 Å². The normalized spacial score (nSPS) is 12.6. The highest BCUT2D eigenvalue weighted by Crippen LogP contribution is 2.27. The number of phenols is 2. The number of fused-ring (bicyclic) bond motifs is 2. The van der Waals surface area contributed by atoms with Crippen molar-refractivity contribution < 1.29 is 10.2 Å². The Morgan fingerprint density at radius 1 is 0.429 bits per heavy atom. The highest BCUT2D eigenvalue weighted by atomic mass is 16.3. The first-order valence-electron chi connectivity index (χ1n) is 13.4. The van der Waals surface area contributed by atoms with E-state index < -0.39 is 0 Å². The molecule has 2 N–H and O–H groups in total. The van der Waals surface area contributed by atoms with Gasteiger partial charge in [-0.05, 0) is 33.7 Å². The van der Waals surface area contributed by atoms with Crippen LogP contribution in [0.25, 0.3) is 21.5 Å². The Labute approximate surface area is 243 Å². The van der Waals surface area contributed by atoms with E-state index in [-0.39, 0.29) is 11.5 Å². The van der Waals surface area contributed by atoms with Crippen LogP contribution in [0, 0.1) is 0 Å². The SMILES string of the molecule is Oc1ccc2ccccc2c1C=NN=C(C(=NN=Cc1c(O)ccc2ccccc12)c1ccccc1)c1ccccc1. The molecule has 0 heterocycles. The van der Waals surface area contributed by atoms with Crippen molar-refractivity contribution in [3.63, 3.8) is 0 Å². The third-order valence-corrected chi connectivity index (χ3v) is 6.90. The molecule has 6 aromatic rings. The zero-order chi connectivity index (χ0) is 28.7. The standard InChI is InChI=1S/C36H26N4O2/c41-33-21-19-25-11-7-9-17-29(25)31(33)23-37-39-35(27-13-3-1-4-14-27)36(28-15-5-2-6-16-28)40-38-24-32-30-18-10-8-12-26(30)20-22-34(32)42/h1-24,41-42H. The maximum atomic E-state index is 10.6. The molecule has 6 rings (SSSR count). The summed E-state index contributed by atoms with van der Waals surface area (Å²) in [4.78, 5) is 0. The van der Waals surface area contributed by atoms with Crippen LogP contribution in [0.4, 0.5) is 0 Å². The monoisotopic (exact) mass is 546 g/mol. The Morgan fingerprint density at radius 3 is 1.24 bits per heavy atom. The average molecular weight is 547 g/mol. The minimum Gasteiger partial charge on any atom is -0.507 e. The first kappa shape index (κ1) is 26.3. The fourth-order valence-electron chi connectivity index (χ4n) is 4.80. The molecular formula is C36H26N4O2. The minimum atomic E-state index is 0.116. The number of hydrogen-bond donors (Lipinski definition) is 2. The smallest absolute Gasteiger partial charge is 0.125 e. The molecule has 0 aliphatic heterocycles. The van der Waals surface area contributed by atoms with E-state index in [0.717, 1.165) is 32.7 Å². The van der Waals surface area contributed by atoms with Crippen molar-refractivity contribution in [3.05, 3.63) is 156 Å². The summed E-state index contributed by atoms with van der Waals surface area (Å²) in [6.07, 6.45) is 3.11. The van der Waals surface area contributed by atoms with E-state index >= 15 is 0 Å². The first-order valence-corrected chi connectivity index (χ1v) is 13.4. The highest BCUT2D eigenvalue weighted by molar-refractivity contribution is 6.53. The molecule has 0 aliphatic rings. The summed E-state index contributed by atoms with van der Waals surface area (Å²) in [5, 5.41) is 43.0. The lowest BCUT2D eigenvalue weighted by Gasteiger charge is -2.09. The molecule has 0 aliphatic carbocycles. The van der Waals surface area contributed by atoms with Gasteiger partial charge in [-0.15, -0.1) is 10.2 Å². The average Bonchev–Trinajstić information content (AvgIpc) is 3.04. The third-order valence-electron chi connectivity index (χ3n) is 6.90. The molecule has 6 nitrogen and oxygen atoms in total. The molecule has 6 aromatic carbocycles. The molecule has 0 spiro atoms. The molecule has 0 unspecified atom stereocenters. The number of benzene rings is 6. The molecular weight excluding hydrogens is 520 g/mol. The molecule has 0 fully saturated rings. The fraction of sp³-hybridized carbons (Fsp3) is 0. The van der Waals surface area contributed by atoms with Gasteiger partial charge in [0.05, 0.1) is 12.4 Å². The van der Waals surface area contributed by atoms with Gasteiger partial charge in [0.25, 0.3) is 0 Å². The van der Waals surface area contributed by atoms with Crippen LogP contribution in [-0.4, -0.2) is 34.1 Å². The summed E-state index contributed by atoms with van der Waals surface area (Å²) in [7, 11) is 0. The van der Waals surface area contributed by atoms with Crippen molar-refractivity contribution in [3.8, 4) is 11.5 Å². The number of nitrogens with zero attached hydrogens (tertiary/aromatic N) is 4. The zero-order valence-electron chi connectivity index (χ0n) is 22.5. The van der Waals surface area contributed by atoms with Crippen LogP contribution in [0.15, 0.2) is 154 Å². The second kappa shape index (κ2) is 12.1. The lowest BCUT2D eigenvalue weighted by molar-refractivity contribution is 0.475. The molecule has 0 saturated heterocycles. The largest absolute Gasteiger partial charge is 0.507 e. The molecule has 0 radical (unpaired) electrons. The molecule has 0 bridgehead atoms. The Kier molecular flexibility index (Phi) is 7.59. The Hall–Kier alpha value is -5.88. The van der Waals surface area contributed by atoms with Crippen molar-refractivity contribution in [2.24, 2.45) is 20.4 Å². The predicted octanol–water partition coefficient (Wildman–Crippen LogP) is 7.75. The maximum Gasteiger partial charge on any atom is 0.125 e. The van der Waals surface area contributed by atoms with Gasteiger partial charge in [-0.25, -0.2) is 0 Å². The van der Waals surface area contributed by atoms with E-state index in [0.29, 0.717) is 22.6 Å². The Morgan fingerprint density at radius 2 is 0.810 bits per heavy atom. The van der Waals surface area contributed by atoms with Gasteiger partial charge in [-0.3, -0.25) is 0 Å². The van der Waals surface area contributed by atoms with E-state index in [1.54, 1.807) is 24.6 Å². The van der Waals surface area contributed by atoms with Crippen molar-refractivity contribution in [2.75, 3.05) is 0 Å². The highest BCUT2D eigenvalue weighted by Gasteiger charge is 2.15. The summed E-state index contributed by atoms with van der Waals surface area (Å²) < 4.78 is 0. The predicted molar refractivity (Wildman–Crippen MR) is 172 cm³/mol. The van der Waals surface area contributed by atoms with Gasteiger partial charge in [-0.2, -0.15) is 10.2 Å². The number of hydrogen-bond acceptors (Lipinski definition) is 6. The molecule has 42 heavy (non-hydrogen) atoms. The summed E-state index contributed by atoms with van der Waals surface area (Å²) in [6, 6.07) is 41.9. The van der Waals surface area contributed by atoms with Gasteiger partial charge in [0.15, 0.2) is 0 Å². The van der Waals surface area contributed by atoms with Gasteiger partial charge in [-0.1, -0.05) is 121 Å². The minimum absolute atomic E-state index is 0.116. The van der Waals surface area contributed by atoms with Crippen molar-refractivity contribution in [1.82, 2.24) is 0 Å². The van der Waals surface area contributed by atoms with Gasteiger partial charge in [0, 0.05) is 22.3 Å². The van der Waals surface area contributed by atoms with Gasteiger partial charge in [0.2, 0.25) is 0 Å². The fourth-order valence-corrected chi connectivity index (χ4v) is 4.80. The molecule has 0 amide bonds. The molecule has 202 valence electrons. The van der Waals surface area contributed by atoms with Crippen LogP contribution >= 0.6 is 0 Å². The van der Waals surface area contributed by atoms with Crippen LogP contribution < -0.4 is 0 Å². The van der Waals surface area contributed by atoms with E-state index in [9.17, 15) is 10.2 Å². The van der Waals surface area contributed by atoms with E-state index in [1.165, 1.54) is 0 Å². The van der Waals surface area contributed by atoms with E-state index in [1.807, 2.05) is 121 Å². The van der Waals surface area contributed by atoms with Crippen molar-refractivity contribution >= 4 is 45.4 Å². The molecule has 0 aromatic heterocycles. The van der Waals surface area contributed by atoms with Crippen LogP contribution in [0.2, 0.25) is 0 Å². The van der Waals surface area contributed by atoms with Crippen molar-refractivity contribution in [1.29, 1.82) is 0 Å². The second-order valence-corrected chi connectivity index (χ2v) is 9.56. The van der Waals surface area contributed by atoms with Gasteiger partial charge in [0.1, 0.15) is 22.9 Å². The molecule has 0 atom stereocenters. The number of aromatic hydroxyl groups is 2. The van der Waals surface area contributed by atoms with Gasteiger partial charge < -0.3 is 10.2 Å². The summed E-state index contributed by atoms with van der Waals surface area (Å²) in [5.41, 5.74) is 3.73. The Balaban J connectivity index is 1.48. The summed E-state index contributed by atoms with van der Waals surface area (Å²) >= 11 is 0. The first-order chi connectivity index (χ1) is 20.7. The second-order valence-electron chi connectivity index (χ2n) is 9.56. The Bertz CT molecular complexity index is 1850. The number of rotatable bonds is 7. The summed E-state index contributed by atoms with van der Waals surface area (Å²) in [6.45, 7) is 0. The van der Waals surface area contributed by atoms with E-state index in [2.05, 4.69) is 20.4 Å². The van der Waals surface area contributed by atoms with Crippen molar-refractivity contribution in [2.45, 2.75) is 0 Å². The molecule has 0 saturated carbocycles. The molecule has 6 heteroatoms. The maximum absolute atomic E-state index is 10.6. The van der Waals surface area contributed by atoms with Gasteiger partial charge >= 0.3 is 0 Å².